The van der Waals surface area contributed by atoms with E-state index in [9.17, 15) is 5.11 Å². The Hall–Kier alpha value is -1.55. The third kappa shape index (κ3) is 5.71. The molecule has 0 radical (unpaired) electrons. The predicted octanol–water partition coefficient (Wildman–Crippen LogP) is 2.97. The van der Waals surface area contributed by atoms with E-state index in [1.165, 1.54) is 5.01 Å². The van der Waals surface area contributed by atoms with Gasteiger partial charge in [0.15, 0.2) is 5.96 Å². The molecule has 1 aromatic heterocycles. The summed E-state index contributed by atoms with van der Waals surface area (Å²) in [5.74, 6) is 1.28. The van der Waals surface area contributed by atoms with E-state index < -0.39 is 0 Å². The summed E-state index contributed by atoms with van der Waals surface area (Å²) in [6.07, 6.45) is 1.91. The summed E-state index contributed by atoms with van der Waals surface area (Å²) in [6.45, 7) is 6.46. The SMILES string of the molecule is CCc1nc(CCNC(=NC)N2CCN(c3ccccc3O)CC2)cs1.I. The van der Waals surface area contributed by atoms with E-state index in [0.717, 1.165) is 62.9 Å². The molecule has 2 heterocycles. The second kappa shape index (κ2) is 10.7. The van der Waals surface area contributed by atoms with E-state index in [4.69, 9.17) is 0 Å². The number of benzene rings is 1. The third-order valence-electron chi connectivity index (χ3n) is 4.58. The van der Waals surface area contributed by atoms with Crippen LogP contribution in [0, 0.1) is 0 Å². The van der Waals surface area contributed by atoms with Crippen LogP contribution in [0.3, 0.4) is 0 Å². The van der Waals surface area contributed by atoms with Gasteiger partial charge in [0.25, 0.3) is 0 Å². The minimum atomic E-state index is 0. The van der Waals surface area contributed by atoms with E-state index >= 15 is 0 Å². The standard InChI is InChI=1S/C19H27N5OS.HI/c1-3-18-22-15(14-26-18)8-9-21-19(20-2)24-12-10-23(11-13-24)16-6-4-5-7-17(16)25;/h4-7,14,25H,3,8-13H2,1-2H3,(H,20,21);1H. The van der Waals surface area contributed by atoms with Crippen LogP contribution in [-0.2, 0) is 12.8 Å². The molecule has 3 rings (SSSR count). The van der Waals surface area contributed by atoms with Crippen molar-refractivity contribution in [3.63, 3.8) is 0 Å². The Morgan fingerprint density at radius 3 is 2.63 bits per heavy atom. The second-order valence-corrected chi connectivity index (χ2v) is 7.22. The minimum absolute atomic E-state index is 0. The van der Waals surface area contributed by atoms with Gasteiger partial charge < -0.3 is 20.2 Å². The molecule has 0 aliphatic carbocycles. The van der Waals surface area contributed by atoms with Crippen molar-refractivity contribution in [1.82, 2.24) is 15.2 Å². The predicted molar refractivity (Wildman–Crippen MR) is 124 cm³/mol. The van der Waals surface area contributed by atoms with Gasteiger partial charge >= 0.3 is 0 Å². The summed E-state index contributed by atoms with van der Waals surface area (Å²) in [7, 11) is 1.83. The number of hydrogen-bond acceptors (Lipinski definition) is 5. The molecule has 2 N–H and O–H groups in total. The molecule has 6 nitrogen and oxygen atoms in total. The zero-order valence-corrected chi connectivity index (χ0v) is 19.0. The first kappa shape index (κ1) is 21.7. The van der Waals surface area contributed by atoms with Crippen molar-refractivity contribution in [1.29, 1.82) is 0 Å². The quantitative estimate of drug-likeness (QED) is 0.375. The van der Waals surface area contributed by atoms with Crippen molar-refractivity contribution in [2.24, 2.45) is 4.99 Å². The Bertz CT molecular complexity index is 743. The maximum absolute atomic E-state index is 10.0. The van der Waals surface area contributed by atoms with E-state index in [1.54, 1.807) is 17.4 Å². The molecule has 0 bridgehead atoms. The summed E-state index contributed by atoms with van der Waals surface area (Å²) >= 11 is 1.74. The summed E-state index contributed by atoms with van der Waals surface area (Å²) in [6, 6.07) is 7.53. The molecule has 1 aliphatic rings. The molecule has 0 amide bonds. The maximum Gasteiger partial charge on any atom is 0.193 e. The number of anilines is 1. The fourth-order valence-electron chi connectivity index (χ4n) is 3.15. The first-order valence-electron chi connectivity index (χ1n) is 9.13. The molecule has 0 saturated carbocycles. The lowest BCUT2D eigenvalue weighted by Gasteiger charge is -2.37. The fourth-order valence-corrected chi connectivity index (χ4v) is 3.93. The third-order valence-corrected chi connectivity index (χ3v) is 5.62. The smallest absolute Gasteiger partial charge is 0.193 e. The summed E-state index contributed by atoms with van der Waals surface area (Å²) in [5, 5.41) is 16.8. The highest BCUT2D eigenvalue weighted by Gasteiger charge is 2.21. The lowest BCUT2D eigenvalue weighted by atomic mass is 10.2. The molecule has 1 aliphatic heterocycles. The topological polar surface area (TPSA) is 64.0 Å². The fraction of sp³-hybridized carbons (Fsp3) is 0.474. The molecule has 0 atom stereocenters. The number of rotatable bonds is 5. The Morgan fingerprint density at radius 1 is 1.26 bits per heavy atom. The number of para-hydroxylation sites is 2. The van der Waals surface area contributed by atoms with Crippen molar-refractivity contribution in [3.05, 3.63) is 40.3 Å². The molecule has 2 aromatic rings. The van der Waals surface area contributed by atoms with Crippen molar-refractivity contribution in [2.75, 3.05) is 44.7 Å². The first-order chi connectivity index (χ1) is 12.7. The van der Waals surface area contributed by atoms with Crippen LogP contribution in [0.1, 0.15) is 17.6 Å². The van der Waals surface area contributed by atoms with Crippen LogP contribution in [0.5, 0.6) is 5.75 Å². The molecular formula is C19H28IN5OS. The Balaban J connectivity index is 0.00000261. The van der Waals surface area contributed by atoms with Crippen LogP contribution in [0.25, 0.3) is 0 Å². The van der Waals surface area contributed by atoms with Crippen LogP contribution in [0.2, 0.25) is 0 Å². The molecule has 1 saturated heterocycles. The summed E-state index contributed by atoms with van der Waals surface area (Å²) in [5.41, 5.74) is 2.06. The number of thiazole rings is 1. The number of aryl methyl sites for hydroxylation is 1. The zero-order chi connectivity index (χ0) is 18.4. The van der Waals surface area contributed by atoms with Crippen LogP contribution >= 0.6 is 35.3 Å². The number of aliphatic imine (C=N–C) groups is 1. The average Bonchev–Trinajstić information content (AvgIpc) is 3.14. The lowest BCUT2D eigenvalue weighted by Crippen LogP contribution is -2.52. The average molecular weight is 501 g/mol. The van der Waals surface area contributed by atoms with Gasteiger partial charge in [0.1, 0.15) is 5.75 Å². The van der Waals surface area contributed by atoms with Crippen LogP contribution in [0.4, 0.5) is 5.69 Å². The van der Waals surface area contributed by atoms with Crippen LogP contribution in [-0.4, -0.2) is 60.7 Å². The monoisotopic (exact) mass is 501 g/mol. The highest BCUT2D eigenvalue weighted by molar-refractivity contribution is 14.0. The number of aromatic hydroxyl groups is 1. The largest absolute Gasteiger partial charge is 0.506 e. The Labute approximate surface area is 182 Å². The van der Waals surface area contributed by atoms with Gasteiger partial charge in [0.2, 0.25) is 0 Å². The summed E-state index contributed by atoms with van der Waals surface area (Å²) < 4.78 is 0. The number of guanidine groups is 1. The van der Waals surface area contributed by atoms with Gasteiger partial charge in [-0.25, -0.2) is 4.98 Å². The van der Waals surface area contributed by atoms with Gasteiger partial charge in [-0.05, 0) is 18.6 Å². The lowest BCUT2D eigenvalue weighted by molar-refractivity contribution is 0.370. The maximum atomic E-state index is 10.0. The van der Waals surface area contributed by atoms with Gasteiger partial charge in [-0.3, -0.25) is 4.99 Å². The zero-order valence-electron chi connectivity index (χ0n) is 15.9. The first-order valence-corrected chi connectivity index (χ1v) is 10.0. The van der Waals surface area contributed by atoms with Gasteiger partial charge in [-0.15, -0.1) is 35.3 Å². The van der Waals surface area contributed by atoms with Gasteiger partial charge in [0, 0.05) is 51.6 Å². The van der Waals surface area contributed by atoms with Gasteiger partial charge in [-0.2, -0.15) is 0 Å². The molecular weight excluding hydrogens is 473 g/mol. The molecule has 1 aromatic carbocycles. The van der Waals surface area contributed by atoms with Crippen molar-refractivity contribution < 1.29 is 5.11 Å². The normalized spacial score (nSPS) is 14.8. The number of aromatic nitrogens is 1. The minimum Gasteiger partial charge on any atom is -0.506 e. The summed E-state index contributed by atoms with van der Waals surface area (Å²) in [4.78, 5) is 13.5. The second-order valence-electron chi connectivity index (χ2n) is 6.27. The molecule has 0 unspecified atom stereocenters. The van der Waals surface area contributed by atoms with Crippen LogP contribution in [0.15, 0.2) is 34.6 Å². The Kier molecular flexibility index (Phi) is 8.62. The number of phenols is 1. The number of halogens is 1. The van der Waals surface area contributed by atoms with E-state index in [-0.39, 0.29) is 24.0 Å². The van der Waals surface area contributed by atoms with Gasteiger partial charge in [-0.1, -0.05) is 19.1 Å². The van der Waals surface area contributed by atoms with Crippen molar-refractivity contribution >= 4 is 47.0 Å². The van der Waals surface area contributed by atoms with E-state index in [0.29, 0.717) is 5.75 Å². The number of nitrogens with one attached hydrogen (secondary N) is 1. The number of phenolic OH excluding ortho intramolecular Hbond substituents is 1. The molecule has 1 fully saturated rings. The van der Waals surface area contributed by atoms with E-state index in [2.05, 4.69) is 37.4 Å². The van der Waals surface area contributed by atoms with Gasteiger partial charge in [0.05, 0.1) is 16.4 Å². The Morgan fingerprint density at radius 2 is 2.00 bits per heavy atom. The number of nitrogens with zero attached hydrogens (tertiary/aromatic N) is 4. The van der Waals surface area contributed by atoms with Crippen molar-refractivity contribution in [3.8, 4) is 5.75 Å². The number of hydrogen-bond donors (Lipinski definition) is 2. The number of piperazine rings is 1. The van der Waals surface area contributed by atoms with Crippen LogP contribution < -0.4 is 10.2 Å². The molecule has 27 heavy (non-hydrogen) atoms. The van der Waals surface area contributed by atoms with E-state index in [1.807, 2.05) is 25.2 Å². The van der Waals surface area contributed by atoms with Crippen molar-refractivity contribution in [2.45, 2.75) is 19.8 Å². The molecule has 0 spiro atoms. The highest BCUT2D eigenvalue weighted by atomic mass is 127. The highest BCUT2D eigenvalue weighted by Crippen LogP contribution is 2.27. The molecule has 8 heteroatoms. The molecule has 148 valence electrons.